The van der Waals surface area contributed by atoms with Crippen LogP contribution in [0.5, 0.6) is 0 Å². The van der Waals surface area contributed by atoms with Crippen molar-refractivity contribution in [1.82, 2.24) is 9.78 Å². The van der Waals surface area contributed by atoms with Crippen LogP contribution in [0.2, 0.25) is 5.02 Å². The van der Waals surface area contributed by atoms with Crippen molar-refractivity contribution in [2.75, 3.05) is 5.73 Å². The molecule has 0 amide bonds. The molecule has 0 saturated heterocycles. The van der Waals surface area contributed by atoms with E-state index in [1.165, 1.54) is 32.1 Å². The summed E-state index contributed by atoms with van der Waals surface area (Å²) in [6.07, 6.45) is 8.67. The summed E-state index contributed by atoms with van der Waals surface area (Å²) in [5.74, 6) is 0.837. The Morgan fingerprint density at radius 1 is 1.24 bits per heavy atom. The molecule has 1 aliphatic rings. The highest BCUT2D eigenvalue weighted by atomic mass is 35.5. The van der Waals surface area contributed by atoms with Gasteiger partial charge in [-0.25, -0.2) is 0 Å². The van der Waals surface area contributed by atoms with Crippen LogP contribution in [0.1, 0.15) is 43.8 Å². The lowest BCUT2D eigenvalue weighted by Crippen LogP contribution is -2.13. The zero-order chi connectivity index (χ0) is 14.7. The number of benzene rings is 1. The third kappa shape index (κ3) is 3.74. The van der Waals surface area contributed by atoms with Crippen molar-refractivity contribution < 1.29 is 0 Å². The summed E-state index contributed by atoms with van der Waals surface area (Å²) in [5.41, 5.74) is 7.52. The van der Waals surface area contributed by atoms with Crippen LogP contribution in [0.3, 0.4) is 0 Å². The van der Waals surface area contributed by atoms with Gasteiger partial charge in [-0.2, -0.15) is 5.10 Å². The van der Waals surface area contributed by atoms with Gasteiger partial charge in [0.2, 0.25) is 0 Å². The fourth-order valence-corrected chi connectivity index (χ4v) is 3.96. The topological polar surface area (TPSA) is 43.8 Å². The molecule has 5 heteroatoms. The minimum absolute atomic E-state index is 0.595. The first kappa shape index (κ1) is 14.8. The van der Waals surface area contributed by atoms with E-state index in [2.05, 4.69) is 16.9 Å². The van der Waals surface area contributed by atoms with Gasteiger partial charge in [0.1, 0.15) is 0 Å². The Labute approximate surface area is 134 Å². The van der Waals surface area contributed by atoms with Crippen LogP contribution >= 0.6 is 23.4 Å². The molecule has 0 aliphatic heterocycles. The summed E-state index contributed by atoms with van der Waals surface area (Å²) in [6.45, 7) is 0. The van der Waals surface area contributed by atoms with Crippen molar-refractivity contribution in [2.45, 2.75) is 48.8 Å². The molecule has 1 aliphatic carbocycles. The summed E-state index contributed by atoms with van der Waals surface area (Å²) in [4.78, 5) is 1.05. The average Bonchev–Trinajstić information content (AvgIpc) is 2.96. The highest BCUT2D eigenvalue weighted by Gasteiger charge is 2.16. The standard InChI is InChI=1S/C16H20ClN3S/c17-15-10-12(18)6-7-16(15)21-11-13-8-9-20(19-13)14-4-2-1-3-5-14/h6-10,14H,1-5,11,18H2. The molecule has 1 aromatic carbocycles. The number of nitrogen functional groups attached to an aromatic ring is 1. The van der Waals surface area contributed by atoms with Crippen molar-refractivity contribution in [1.29, 1.82) is 0 Å². The molecular formula is C16H20ClN3S. The predicted octanol–water partition coefficient (Wildman–Crippen LogP) is 4.92. The molecule has 21 heavy (non-hydrogen) atoms. The van der Waals surface area contributed by atoms with Crippen LogP contribution in [0.25, 0.3) is 0 Å². The fourth-order valence-electron chi connectivity index (χ4n) is 2.79. The molecule has 2 N–H and O–H groups in total. The van der Waals surface area contributed by atoms with E-state index in [0.29, 0.717) is 16.8 Å². The quantitative estimate of drug-likeness (QED) is 0.642. The summed E-state index contributed by atoms with van der Waals surface area (Å²) in [7, 11) is 0. The lowest BCUT2D eigenvalue weighted by Gasteiger charge is -2.21. The molecular weight excluding hydrogens is 302 g/mol. The molecule has 3 nitrogen and oxygen atoms in total. The van der Waals surface area contributed by atoms with Crippen LogP contribution in [0.4, 0.5) is 5.69 Å². The average molecular weight is 322 g/mol. The van der Waals surface area contributed by atoms with Crippen molar-refractivity contribution in [3.63, 3.8) is 0 Å². The Kier molecular flexibility index (Phi) is 4.76. The van der Waals surface area contributed by atoms with Gasteiger partial charge in [0.25, 0.3) is 0 Å². The Balaban J connectivity index is 1.61. The van der Waals surface area contributed by atoms with E-state index in [-0.39, 0.29) is 0 Å². The fraction of sp³-hybridized carbons (Fsp3) is 0.438. The maximum Gasteiger partial charge on any atom is 0.0727 e. The summed E-state index contributed by atoms with van der Waals surface area (Å²) >= 11 is 7.90. The molecule has 0 radical (unpaired) electrons. The third-order valence-corrected chi connectivity index (χ3v) is 5.48. The summed E-state index contributed by atoms with van der Waals surface area (Å²) < 4.78 is 2.15. The zero-order valence-corrected chi connectivity index (χ0v) is 13.5. The van der Waals surface area contributed by atoms with Crippen molar-refractivity contribution in [3.8, 4) is 0 Å². The number of hydrogen-bond acceptors (Lipinski definition) is 3. The van der Waals surface area contributed by atoms with Crippen molar-refractivity contribution >= 4 is 29.1 Å². The molecule has 0 atom stereocenters. The number of nitrogens with zero attached hydrogens (tertiary/aromatic N) is 2. The second kappa shape index (κ2) is 6.75. The van der Waals surface area contributed by atoms with Crippen LogP contribution in [0.15, 0.2) is 35.4 Å². The highest BCUT2D eigenvalue weighted by molar-refractivity contribution is 7.98. The first-order chi connectivity index (χ1) is 10.2. The number of aromatic nitrogens is 2. The van der Waals surface area contributed by atoms with E-state index in [1.807, 2.05) is 12.1 Å². The number of hydrogen-bond donors (Lipinski definition) is 1. The summed E-state index contributed by atoms with van der Waals surface area (Å²) in [6, 6.07) is 8.37. The maximum absolute atomic E-state index is 6.20. The molecule has 1 saturated carbocycles. The molecule has 2 aromatic rings. The van der Waals surface area contributed by atoms with E-state index >= 15 is 0 Å². The first-order valence-electron chi connectivity index (χ1n) is 7.44. The normalized spacial score (nSPS) is 16.2. The third-order valence-electron chi connectivity index (χ3n) is 3.94. The minimum atomic E-state index is 0.595. The smallest absolute Gasteiger partial charge is 0.0727 e. The number of rotatable bonds is 4. The Morgan fingerprint density at radius 3 is 2.81 bits per heavy atom. The van der Waals surface area contributed by atoms with E-state index in [4.69, 9.17) is 22.4 Å². The van der Waals surface area contributed by atoms with E-state index in [9.17, 15) is 0 Å². The lowest BCUT2D eigenvalue weighted by atomic mass is 9.96. The molecule has 0 spiro atoms. The molecule has 1 fully saturated rings. The molecule has 0 unspecified atom stereocenters. The van der Waals surface area contributed by atoms with Gasteiger partial charge in [-0.05, 0) is 37.1 Å². The molecule has 112 valence electrons. The van der Waals surface area contributed by atoms with Gasteiger partial charge in [-0.1, -0.05) is 30.9 Å². The lowest BCUT2D eigenvalue weighted by molar-refractivity contribution is 0.328. The molecule has 1 aromatic heterocycles. The first-order valence-corrected chi connectivity index (χ1v) is 8.80. The molecule has 1 heterocycles. The van der Waals surface area contributed by atoms with Gasteiger partial charge in [0.05, 0.1) is 16.8 Å². The highest BCUT2D eigenvalue weighted by Crippen LogP contribution is 2.32. The van der Waals surface area contributed by atoms with Gasteiger partial charge >= 0.3 is 0 Å². The van der Waals surface area contributed by atoms with Crippen LogP contribution in [-0.2, 0) is 5.75 Å². The van der Waals surface area contributed by atoms with E-state index in [1.54, 1.807) is 17.8 Å². The zero-order valence-electron chi connectivity index (χ0n) is 12.0. The van der Waals surface area contributed by atoms with Gasteiger partial charge in [0.15, 0.2) is 0 Å². The van der Waals surface area contributed by atoms with Crippen molar-refractivity contribution in [2.24, 2.45) is 0 Å². The van der Waals surface area contributed by atoms with Gasteiger partial charge in [0, 0.05) is 22.5 Å². The van der Waals surface area contributed by atoms with Crippen LogP contribution in [-0.4, -0.2) is 9.78 Å². The monoisotopic (exact) mass is 321 g/mol. The number of anilines is 1. The van der Waals surface area contributed by atoms with Gasteiger partial charge < -0.3 is 5.73 Å². The van der Waals surface area contributed by atoms with Crippen LogP contribution < -0.4 is 5.73 Å². The maximum atomic E-state index is 6.20. The van der Waals surface area contributed by atoms with Crippen LogP contribution in [0, 0.1) is 0 Å². The molecule has 3 rings (SSSR count). The minimum Gasteiger partial charge on any atom is -0.399 e. The SMILES string of the molecule is Nc1ccc(SCc2ccn(C3CCCCC3)n2)c(Cl)c1. The predicted molar refractivity (Wildman–Crippen MR) is 89.8 cm³/mol. The Hall–Kier alpha value is -1.13. The number of thioether (sulfide) groups is 1. The number of halogens is 1. The summed E-state index contributed by atoms with van der Waals surface area (Å²) in [5, 5.41) is 5.44. The van der Waals surface area contributed by atoms with E-state index < -0.39 is 0 Å². The van der Waals surface area contributed by atoms with Crippen molar-refractivity contribution in [3.05, 3.63) is 41.2 Å². The Bertz CT molecular complexity index is 605. The largest absolute Gasteiger partial charge is 0.399 e. The van der Waals surface area contributed by atoms with Gasteiger partial charge in [-0.15, -0.1) is 11.8 Å². The van der Waals surface area contributed by atoms with Gasteiger partial charge in [-0.3, -0.25) is 4.68 Å². The van der Waals surface area contributed by atoms with E-state index in [0.717, 1.165) is 16.3 Å². The Morgan fingerprint density at radius 2 is 2.05 bits per heavy atom. The number of nitrogens with two attached hydrogens (primary N) is 1. The second-order valence-electron chi connectivity index (χ2n) is 5.56. The second-order valence-corrected chi connectivity index (χ2v) is 6.98. The molecule has 0 bridgehead atoms.